The maximum absolute atomic E-state index is 12.9. The summed E-state index contributed by atoms with van der Waals surface area (Å²) in [4.78, 5) is 26.7. The van der Waals surface area contributed by atoms with Crippen molar-refractivity contribution >= 4 is 23.6 Å². The molecule has 1 aliphatic rings. The fourth-order valence-corrected chi connectivity index (χ4v) is 3.90. The van der Waals surface area contributed by atoms with Crippen LogP contribution in [0.1, 0.15) is 36.1 Å². The summed E-state index contributed by atoms with van der Waals surface area (Å²) in [6.07, 6.45) is 3.88. The van der Waals surface area contributed by atoms with Crippen LogP contribution in [0.5, 0.6) is 0 Å². The van der Waals surface area contributed by atoms with Gasteiger partial charge in [0.1, 0.15) is 0 Å². The van der Waals surface area contributed by atoms with Crippen LogP contribution in [0.25, 0.3) is 17.2 Å². The predicted octanol–water partition coefficient (Wildman–Crippen LogP) is 5.56. The van der Waals surface area contributed by atoms with Gasteiger partial charge in [-0.25, -0.2) is 0 Å². The smallest absolute Gasteiger partial charge is 0.226 e. The number of benzene rings is 3. The molecule has 0 bridgehead atoms. The van der Waals surface area contributed by atoms with E-state index < -0.39 is 0 Å². The Kier molecular flexibility index (Phi) is 5.48. The molecule has 0 aliphatic carbocycles. The number of rotatable bonds is 4. The molecule has 2 amide bonds. The topological polar surface area (TPSA) is 49.4 Å². The lowest BCUT2D eigenvalue weighted by Gasteiger charge is -2.32. The highest BCUT2D eigenvalue weighted by Crippen LogP contribution is 2.33. The van der Waals surface area contributed by atoms with Crippen LogP contribution in [-0.2, 0) is 9.59 Å². The molecule has 150 valence electrons. The summed E-state index contributed by atoms with van der Waals surface area (Å²) in [6, 6.07) is 23.7. The van der Waals surface area contributed by atoms with E-state index in [1.165, 1.54) is 6.92 Å². The van der Waals surface area contributed by atoms with Crippen LogP contribution in [0, 0.1) is 6.92 Å². The van der Waals surface area contributed by atoms with Gasteiger partial charge in [-0.1, -0.05) is 60.7 Å². The maximum atomic E-state index is 12.9. The highest BCUT2D eigenvalue weighted by molar-refractivity contribution is 5.93. The Labute approximate surface area is 176 Å². The normalized spacial score (nSPS) is 14.9. The molecule has 0 saturated heterocycles. The van der Waals surface area contributed by atoms with Gasteiger partial charge in [0.2, 0.25) is 11.8 Å². The van der Waals surface area contributed by atoms with Gasteiger partial charge in [0.25, 0.3) is 0 Å². The number of hydrogen-bond donors (Lipinski definition) is 1. The lowest BCUT2D eigenvalue weighted by atomic mass is 9.93. The van der Waals surface area contributed by atoms with Crippen molar-refractivity contribution in [2.75, 3.05) is 5.32 Å². The fourth-order valence-electron chi connectivity index (χ4n) is 3.90. The molecular weight excluding hydrogens is 372 g/mol. The highest BCUT2D eigenvalue weighted by atomic mass is 16.2. The quantitative estimate of drug-likeness (QED) is 0.627. The van der Waals surface area contributed by atoms with Crippen LogP contribution < -0.4 is 5.32 Å². The first-order chi connectivity index (χ1) is 14.5. The first-order valence-electron chi connectivity index (χ1n) is 10.0. The number of carbonyl (C=O) groups excluding carboxylic acids is 2. The van der Waals surface area contributed by atoms with Gasteiger partial charge in [-0.3, -0.25) is 9.59 Å². The molecule has 1 aliphatic heterocycles. The monoisotopic (exact) mass is 396 g/mol. The number of aryl methyl sites for hydroxylation is 1. The van der Waals surface area contributed by atoms with Crippen LogP contribution >= 0.6 is 0 Å². The molecule has 0 unspecified atom stereocenters. The molecule has 4 rings (SSSR count). The van der Waals surface area contributed by atoms with E-state index in [0.29, 0.717) is 0 Å². The van der Waals surface area contributed by atoms with Crippen LogP contribution in [0.3, 0.4) is 0 Å². The molecule has 0 spiro atoms. The Bertz CT molecular complexity index is 1120. The van der Waals surface area contributed by atoms with Crippen molar-refractivity contribution in [1.82, 2.24) is 4.90 Å². The number of nitrogens with zero attached hydrogens (tertiary/aromatic N) is 1. The summed E-state index contributed by atoms with van der Waals surface area (Å²) in [5, 5.41) is 3.03. The number of nitrogens with one attached hydrogen (secondary N) is 1. The average molecular weight is 396 g/mol. The van der Waals surface area contributed by atoms with E-state index in [2.05, 4.69) is 23.5 Å². The van der Waals surface area contributed by atoms with Gasteiger partial charge in [0.15, 0.2) is 0 Å². The summed E-state index contributed by atoms with van der Waals surface area (Å²) in [5.41, 5.74) is 6.06. The molecular formula is C26H24N2O2. The largest absolute Gasteiger partial charge is 0.326 e. The van der Waals surface area contributed by atoms with E-state index >= 15 is 0 Å². The number of hydrogen-bond acceptors (Lipinski definition) is 2. The molecule has 3 aromatic rings. The SMILES string of the molecule is CC(=O)N1C=Cc2ccccc2[C@H]1CC(=O)Nc1ccc(-c2ccccc2)cc1C. The predicted molar refractivity (Wildman–Crippen MR) is 121 cm³/mol. The minimum absolute atomic E-state index is 0.0815. The van der Waals surface area contributed by atoms with Gasteiger partial charge in [0, 0.05) is 18.8 Å². The van der Waals surface area contributed by atoms with Crippen LogP contribution in [-0.4, -0.2) is 16.7 Å². The second-order valence-corrected chi connectivity index (χ2v) is 7.53. The van der Waals surface area contributed by atoms with Gasteiger partial charge in [0.05, 0.1) is 12.5 Å². The van der Waals surface area contributed by atoms with E-state index in [4.69, 9.17) is 0 Å². The van der Waals surface area contributed by atoms with Gasteiger partial charge < -0.3 is 10.2 Å². The number of fused-ring (bicyclic) bond motifs is 1. The molecule has 0 aromatic heterocycles. The molecule has 0 fully saturated rings. The second kappa shape index (κ2) is 8.37. The van der Waals surface area contributed by atoms with Crippen LogP contribution in [0.15, 0.2) is 79.0 Å². The molecule has 1 heterocycles. The molecule has 4 heteroatoms. The van der Waals surface area contributed by atoms with E-state index in [1.807, 2.05) is 67.6 Å². The van der Waals surface area contributed by atoms with Crippen molar-refractivity contribution in [3.05, 3.63) is 95.7 Å². The molecule has 1 atom stereocenters. The van der Waals surface area contributed by atoms with Crippen molar-refractivity contribution in [1.29, 1.82) is 0 Å². The minimum atomic E-state index is -0.312. The third-order valence-electron chi connectivity index (χ3n) is 5.46. The molecule has 0 saturated carbocycles. The summed E-state index contributed by atoms with van der Waals surface area (Å²) >= 11 is 0. The summed E-state index contributed by atoms with van der Waals surface area (Å²) in [6.45, 7) is 3.51. The Hall–Kier alpha value is -3.66. The van der Waals surface area contributed by atoms with Crippen molar-refractivity contribution in [3.8, 4) is 11.1 Å². The number of anilines is 1. The standard InChI is InChI=1S/C26H24N2O2/c1-18-16-22(20-8-4-3-5-9-20)12-13-24(18)27-26(30)17-25-23-11-7-6-10-21(23)14-15-28(25)19(2)29/h3-16,25H,17H2,1-2H3,(H,27,30)/t25-/m1/s1. The van der Waals surface area contributed by atoms with Gasteiger partial charge >= 0.3 is 0 Å². The zero-order valence-electron chi connectivity index (χ0n) is 17.1. The zero-order chi connectivity index (χ0) is 21.1. The molecule has 1 N–H and O–H groups in total. The van der Waals surface area contributed by atoms with Crippen molar-refractivity contribution in [2.24, 2.45) is 0 Å². The van der Waals surface area contributed by atoms with Crippen molar-refractivity contribution in [2.45, 2.75) is 26.3 Å². The minimum Gasteiger partial charge on any atom is -0.326 e. The first kappa shape index (κ1) is 19.6. The van der Waals surface area contributed by atoms with E-state index in [0.717, 1.165) is 33.5 Å². The lowest BCUT2D eigenvalue weighted by molar-refractivity contribution is -0.129. The van der Waals surface area contributed by atoms with Crippen LogP contribution in [0.4, 0.5) is 5.69 Å². The van der Waals surface area contributed by atoms with Gasteiger partial charge in [-0.15, -0.1) is 0 Å². The Morgan fingerprint density at radius 1 is 0.933 bits per heavy atom. The van der Waals surface area contributed by atoms with E-state index in [1.54, 1.807) is 11.1 Å². The molecule has 30 heavy (non-hydrogen) atoms. The maximum Gasteiger partial charge on any atom is 0.226 e. The third kappa shape index (κ3) is 4.03. The van der Waals surface area contributed by atoms with Crippen molar-refractivity contribution < 1.29 is 9.59 Å². The van der Waals surface area contributed by atoms with E-state index in [-0.39, 0.29) is 24.3 Å². The first-order valence-corrected chi connectivity index (χ1v) is 10.0. The Morgan fingerprint density at radius 3 is 2.40 bits per heavy atom. The average Bonchev–Trinajstić information content (AvgIpc) is 2.76. The number of carbonyl (C=O) groups is 2. The fraction of sp³-hybridized carbons (Fsp3) is 0.154. The summed E-state index contributed by atoms with van der Waals surface area (Å²) in [5.74, 6) is -0.200. The van der Waals surface area contributed by atoms with E-state index in [9.17, 15) is 9.59 Å². The summed E-state index contributed by atoms with van der Waals surface area (Å²) in [7, 11) is 0. The zero-order valence-corrected chi connectivity index (χ0v) is 17.1. The molecule has 4 nitrogen and oxygen atoms in total. The molecule has 3 aromatic carbocycles. The molecule has 0 radical (unpaired) electrons. The van der Waals surface area contributed by atoms with Crippen molar-refractivity contribution in [3.63, 3.8) is 0 Å². The van der Waals surface area contributed by atoms with Crippen LogP contribution in [0.2, 0.25) is 0 Å². The second-order valence-electron chi connectivity index (χ2n) is 7.53. The Morgan fingerprint density at radius 2 is 1.67 bits per heavy atom. The number of amides is 2. The third-order valence-corrected chi connectivity index (χ3v) is 5.46. The highest BCUT2D eigenvalue weighted by Gasteiger charge is 2.28. The summed E-state index contributed by atoms with van der Waals surface area (Å²) < 4.78 is 0. The lowest BCUT2D eigenvalue weighted by Crippen LogP contribution is -2.33. The van der Waals surface area contributed by atoms with Gasteiger partial charge in [-0.2, -0.15) is 0 Å². The Balaban J connectivity index is 1.53. The van der Waals surface area contributed by atoms with Gasteiger partial charge in [-0.05, 0) is 52.9 Å².